The van der Waals surface area contributed by atoms with Gasteiger partial charge in [0, 0.05) is 21.8 Å². The Labute approximate surface area is 165 Å². The van der Waals surface area contributed by atoms with Crippen LogP contribution in [0.25, 0.3) is 0 Å². The van der Waals surface area contributed by atoms with Crippen LogP contribution in [-0.4, -0.2) is 62.9 Å². The second kappa shape index (κ2) is 7.65. The second-order valence-corrected chi connectivity index (χ2v) is 7.81. The van der Waals surface area contributed by atoms with E-state index in [-0.39, 0.29) is 12.5 Å². The molecule has 0 spiro atoms. The molecular formula is C16H16Br2F2O6. The van der Waals surface area contributed by atoms with Crippen LogP contribution in [0.15, 0.2) is 20.1 Å². The molecule has 26 heavy (non-hydrogen) atoms. The minimum Gasteiger partial charge on any atom is -0.466 e. The van der Waals surface area contributed by atoms with Crippen molar-refractivity contribution >= 4 is 43.8 Å². The zero-order valence-electron chi connectivity index (χ0n) is 13.8. The first-order valence-corrected chi connectivity index (χ1v) is 9.43. The highest BCUT2D eigenvalue weighted by Crippen LogP contribution is 2.44. The van der Waals surface area contributed by atoms with Crippen molar-refractivity contribution in [2.75, 3.05) is 14.2 Å². The lowest BCUT2D eigenvalue weighted by atomic mass is 9.98. The van der Waals surface area contributed by atoms with Crippen LogP contribution in [0.3, 0.4) is 0 Å². The SMILES string of the molecule is COC(=O)C1=C(Br)[C@@H]2C[C@@H](F)[C@H]1O2.COC(=O)C1=C(Br)[C@H]2O[C@@H]1C[C@@H]2F. The van der Waals surface area contributed by atoms with Gasteiger partial charge in [0.25, 0.3) is 0 Å². The van der Waals surface area contributed by atoms with E-state index >= 15 is 0 Å². The first-order chi connectivity index (χ1) is 12.3. The maximum Gasteiger partial charge on any atom is 0.337 e. The van der Waals surface area contributed by atoms with Crippen LogP contribution in [0.1, 0.15) is 12.8 Å². The summed E-state index contributed by atoms with van der Waals surface area (Å²) in [5, 5.41) is 0. The van der Waals surface area contributed by atoms with Crippen LogP contribution in [0.4, 0.5) is 8.78 Å². The zero-order chi connectivity index (χ0) is 19.2. The molecule has 4 heterocycles. The highest BCUT2D eigenvalue weighted by Gasteiger charge is 2.50. The number of carbonyl (C=O) groups excluding carboxylic acids is 2. The fraction of sp³-hybridized carbons (Fsp3) is 0.625. The lowest BCUT2D eigenvalue weighted by Gasteiger charge is -2.13. The second-order valence-electron chi connectivity index (χ2n) is 6.10. The molecule has 0 radical (unpaired) electrons. The molecule has 4 bridgehead atoms. The fourth-order valence-electron chi connectivity index (χ4n) is 3.39. The smallest absolute Gasteiger partial charge is 0.337 e. The van der Waals surface area contributed by atoms with Crippen molar-refractivity contribution in [3.63, 3.8) is 0 Å². The van der Waals surface area contributed by atoms with Gasteiger partial charge in [-0.1, -0.05) is 31.9 Å². The standard InChI is InChI=1S/2C8H8BrFO3/c1-12-8(11)5-6(9)4-2-3(10)7(5)13-4;1-12-8(11)5-4-2-3(10)7(13-4)6(5)9/h2*3-4,7H,2H2,1H3/t2*3-,4+,7-/m10/s1. The monoisotopic (exact) mass is 500 g/mol. The van der Waals surface area contributed by atoms with Gasteiger partial charge >= 0.3 is 11.9 Å². The average Bonchev–Trinajstić information content (AvgIpc) is 3.33. The maximum absolute atomic E-state index is 13.2. The van der Waals surface area contributed by atoms with Crippen LogP contribution < -0.4 is 0 Å². The molecule has 2 saturated heterocycles. The number of hydrogen-bond donors (Lipinski definition) is 0. The molecule has 0 aromatic rings. The normalized spacial score (nSPS) is 37.0. The molecular weight excluding hydrogens is 486 g/mol. The number of esters is 2. The van der Waals surface area contributed by atoms with Crippen molar-refractivity contribution < 1.29 is 37.3 Å². The van der Waals surface area contributed by atoms with Crippen molar-refractivity contribution in [1.82, 2.24) is 0 Å². The molecule has 0 aromatic heterocycles. The summed E-state index contributed by atoms with van der Waals surface area (Å²) in [6.07, 6.45) is -3.56. The van der Waals surface area contributed by atoms with E-state index in [9.17, 15) is 18.4 Å². The molecule has 6 nitrogen and oxygen atoms in total. The number of halogens is 4. The van der Waals surface area contributed by atoms with Gasteiger partial charge in [0.15, 0.2) is 0 Å². The van der Waals surface area contributed by atoms with Crippen molar-refractivity contribution in [2.24, 2.45) is 0 Å². The topological polar surface area (TPSA) is 71.1 Å². The molecule has 4 rings (SSSR count). The van der Waals surface area contributed by atoms with Gasteiger partial charge in [0.2, 0.25) is 0 Å². The fourth-order valence-corrected chi connectivity index (χ4v) is 4.88. The summed E-state index contributed by atoms with van der Waals surface area (Å²) < 4.78 is 46.9. The Hall–Kier alpha value is -0.840. The van der Waals surface area contributed by atoms with Gasteiger partial charge in [-0.3, -0.25) is 0 Å². The number of fused-ring (bicyclic) bond motifs is 4. The lowest BCUT2D eigenvalue weighted by molar-refractivity contribution is -0.138. The van der Waals surface area contributed by atoms with Crippen molar-refractivity contribution in [2.45, 2.75) is 49.6 Å². The van der Waals surface area contributed by atoms with E-state index in [1.807, 2.05) is 0 Å². The zero-order valence-corrected chi connectivity index (χ0v) is 17.0. The summed E-state index contributed by atoms with van der Waals surface area (Å²) >= 11 is 6.38. The van der Waals surface area contributed by atoms with E-state index in [4.69, 9.17) is 9.47 Å². The van der Waals surface area contributed by atoms with Crippen LogP contribution >= 0.6 is 31.9 Å². The summed E-state index contributed by atoms with van der Waals surface area (Å²) in [6.45, 7) is 0. The first-order valence-electron chi connectivity index (χ1n) is 7.84. The first kappa shape index (κ1) is 19.9. The highest BCUT2D eigenvalue weighted by molar-refractivity contribution is 9.12. The summed E-state index contributed by atoms with van der Waals surface area (Å²) in [5.74, 6) is -0.951. The Morgan fingerprint density at radius 3 is 1.88 bits per heavy atom. The van der Waals surface area contributed by atoms with E-state index in [1.54, 1.807) is 0 Å². The molecule has 0 aliphatic carbocycles. The number of carbonyl (C=O) groups is 2. The van der Waals surface area contributed by atoms with Crippen molar-refractivity contribution in [3.8, 4) is 0 Å². The molecule has 6 atom stereocenters. The van der Waals surface area contributed by atoms with Crippen molar-refractivity contribution in [3.05, 3.63) is 20.1 Å². The van der Waals surface area contributed by atoms with Gasteiger partial charge in [-0.15, -0.1) is 0 Å². The van der Waals surface area contributed by atoms with Gasteiger partial charge in [-0.05, 0) is 0 Å². The van der Waals surface area contributed by atoms with Crippen molar-refractivity contribution in [1.29, 1.82) is 0 Å². The quantitative estimate of drug-likeness (QED) is 0.542. The Bertz CT molecular complexity index is 694. The van der Waals surface area contributed by atoms with E-state index in [0.717, 1.165) is 0 Å². The minimum absolute atomic E-state index is 0.254. The predicted molar refractivity (Wildman–Crippen MR) is 92.3 cm³/mol. The molecule has 4 aliphatic rings. The third-order valence-corrected chi connectivity index (χ3v) is 6.44. The molecule has 0 saturated carbocycles. The molecule has 2 fully saturated rings. The van der Waals surface area contributed by atoms with Gasteiger partial charge in [-0.25, -0.2) is 18.4 Å². The largest absolute Gasteiger partial charge is 0.466 e. The van der Waals surface area contributed by atoms with E-state index in [1.165, 1.54) is 14.2 Å². The Balaban J connectivity index is 0.000000151. The molecule has 10 heteroatoms. The Kier molecular flexibility index (Phi) is 5.86. The molecule has 0 aromatic carbocycles. The molecule has 0 N–H and O–H groups in total. The number of ether oxygens (including phenoxy) is 4. The Morgan fingerprint density at radius 1 is 0.885 bits per heavy atom. The van der Waals surface area contributed by atoms with Crippen LogP contribution in [0.5, 0.6) is 0 Å². The van der Waals surface area contributed by atoms with Crippen LogP contribution in [0, 0.1) is 0 Å². The number of methoxy groups -OCH3 is 2. The number of hydrogen-bond acceptors (Lipinski definition) is 6. The van der Waals surface area contributed by atoms with E-state index in [0.29, 0.717) is 26.5 Å². The van der Waals surface area contributed by atoms with Gasteiger partial charge in [0.1, 0.15) is 24.6 Å². The molecule has 0 unspecified atom stereocenters. The number of alkyl halides is 2. The van der Waals surface area contributed by atoms with E-state index < -0.39 is 42.6 Å². The maximum atomic E-state index is 13.2. The highest BCUT2D eigenvalue weighted by atomic mass is 79.9. The minimum atomic E-state index is -1.08. The average molecular weight is 502 g/mol. The van der Waals surface area contributed by atoms with Gasteiger partial charge in [0.05, 0.1) is 37.6 Å². The summed E-state index contributed by atoms with van der Waals surface area (Å²) in [5.41, 5.74) is 0.729. The van der Waals surface area contributed by atoms with Crippen LogP contribution in [-0.2, 0) is 28.5 Å². The molecule has 4 aliphatic heterocycles. The molecule has 0 amide bonds. The molecule has 144 valence electrons. The summed E-state index contributed by atoms with van der Waals surface area (Å²) in [7, 11) is 2.57. The third-order valence-electron chi connectivity index (χ3n) is 4.62. The number of rotatable bonds is 2. The lowest BCUT2D eigenvalue weighted by Crippen LogP contribution is -2.26. The summed E-state index contributed by atoms with van der Waals surface area (Å²) in [6, 6.07) is 0. The van der Waals surface area contributed by atoms with E-state index in [2.05, 4.69) is 41.3 Å². The van der Waals surface area contributed by atoms with Crippen LogP contribution in [0.2, 0.25) is 0 Å². The predicted octanol–water partition coefficient (Wildman–Crippen LogP) is 2.64. The van der Waals surface area contributed by atoms with Gasteiger partial charge in [-0.2, -0.15) is 0 Å². The Morgan fingerprint density at radius 2 is 1.38 bits per heavy atom. The summed E-state index contributed by atoms with van der Waals surface area (Å²) in [4.78, 5) is 22.4. The third kappa shape index (κ3) is 3.25. The van der Waals surface area contributed by atoms with Gasteiger partial charge < -0.3 is 18.9 Å².